The fourth-order valence-corrected chi connectivity index (χ4v) is 2.85. The lowest BCUT2D eigenvalue weighted by Crippen LogP contribution is -1.95. The molecule has 7 heteroatoms. The van der Waals surface area contributed by atoms with Crippen LogP contribution in [0.1, 0.15) is 0 Å². The van der Waals surface area contributed by atoms with Crippen LogP contribution in [0.3, 0.4) is 0 Å². The van der Waals surface area contributed by atoms with Gasteiger partial charge in [0.05, 0.1) is 11.0 Å². The maximum Gasteiger partial charge on any atom is 0.173 e. The second-order valence-corrected chi connectivity index (χ2v) is 5.97. The van der Waals surface area contributed by atoms with E-state index in [0.29, 0.717) is 27.9 Å². The van der Waals surface area contributed by atoms with Gasteiger partial charge >= 0.3 is 0 Å². The molecule has 2 aromatic heterocycles. The summed E-state index contributed by atoms with van der Waals surface area (Å²) in [5.74, 6) is 0.593. The number of halogens is 1. The van der Waals surface area contributed by atoms with Crippen molar-refractivity contribution in [1.82, 2.24) is 19.7 Å². The summed E-state index contributed by atoms with van der Waals surface area (Å²) in [5, 5.41) is 15.7. The number of hydrogen-bond donors (Lipinski definition) is 3. The molecule has 4 rings (SSSR count). The molecule has 0 unspecified atom stereocenters. The normalized spacial score (nSPS) is 11.2. The van der Waals surface area contributed by atoms with E-state index in [4.69, 9.17) is 17.3 Å². The molecule has 0 fully saturated rings. The van der Waals surface area contributed by atoms with Crippen LogP contribution in [0.15, 0.2) is 42.5 Å². The summed E-state index contributed by atoms with van der Waals surface area (Å²) in [5.41, 5.74) is 9.78. The third-order valence-corrected chi connectivity index (χ3v) is 4.12. The molecular weight excluding hydrogens is 326 g/mol. The SMILES string of the molecule is Cn1nc(-c2ccc(Cl)cc2)c(O)c1-c1nc2ccc(N)cc2[nH]1. The lowest BCUT2D eigenvalue weighted by Gasteiger charge is -1.99. The zero-order valence-electron chi connectivity index (χ0n) is 12.8. The molecule has 2 heterocycles. The third-order valence-electron chi connectivity index (χ3n) is 3.87. The number of nitrogens with two attached hydrogens (primary N) is 1. The van der Waals surface area contributed by atoms with Gasteiger partial charge in [-0.1, -0.05) is 23.7 Å². The van der Waals surface area contributed by atoms with E-state index in [9.17, 15) is 5.11 Å². The maximum atomic E-state index is 10.7. The summed E-state index contributed by atoms with van der Waals surface area (Å²) >= 11 is 5.92. The summed E-state index contributed by atoms with van der Waals surface area (Å²) in [6.45, 7) is 0. The van der Waals surface area contributed by atoms with Crippen LogP contribution < -0.4 is 5.73 Å². The summed E-state index contributed by atoms with van der Waals surface area (Å²) in [6, 6.07) is 12.6. The number of benzene rings is 2. The topological polar surface area (TPSA) is 92.8 Å². The molecule has 4 aromatic rings. The minimum absolute atomic E-state index is 0.0619. The van der Waals surface area contributed by atoms with E-state index in [1.807, 2.05) is 18.2 Å². The van der Waals surface area contributed by atoms with Crippen LogP contribution in [0.5, 0.6) is 5.75 Å². The van der Waals surface area contributed by atoms with Gasteiger partial charge in [0.25, 0.3) is 0 Å². The highest BCUT2D eigenvalue weighted by molar-refractivity contribution is 6.30. The Labute approximate surface area is 142 Å². The number of aromatic amines is 1. The number of H-pyrrole nitrogens is 1. The van der Waals surface area contributed by atoms with Gasteiger partial charge in [0.2, 0.25) is 0 Å². The van der Waals surface area contributed by atoms with Crippen molar-refractivity contribution in [2.75, 3.05) is 5.73 Å². The molecule has 24 heavy (non-hydrogen) atoms. The van der Waals surface area contributed by atoms with Crippen molar-refractivity contribution in [2.24, 2.45) is 7.05 Å². The van der Waals surface area contributed by atoms with Crippen LogP contribution in [-0.4, -0.2) is 24.9 Å². The van der Waals surface area contributed by atoms with Crippen LogP contribution in [0, 0.1) is 0 Å². The Morgan fingerprint density at radius 1 is 1.17 bits per heavy atom. The highest BCUT2D eigenvalue weighted by Gasteiger charge is 2.21. The van der Waals surface area contributed by atoms with Crippen molar-refractivity contribution in [3.05, 3.63) is 47.5 Å². The minimum Gasteiger partial charge on any atom is -0.504 e. The molecule has 120 valence electrons. The summed E-state index contributed by atoms with van der Waals surface area (Å²) in [4.78, 5) is 7.69. The van der Waals surface area contributed by atoms with Crippen LogP contribution >= 0.6 is 11.6 Å². The number of aromatic nitrogens is 4. The average Bonchev–Trinajstić information content (AvgIpc) is 3.08. The van der Waals surface area contributed by atoms with Gasteiger partial charge in [0, 0.05) is 23.3 Å². The average molecular weight is 340 g/mol. The standard InChI is InChI=1S/C17H14ClN5O/c1-23-15(17-20-12-7-6-11(19)8-13(12)21-17)16(24)14(22-23)9-2-4-10(18)5-3-9/h2-8,24H,19H2,1H3,(H,20,21). The van der Waals surface area contributed by atoms with E-state index in [-0.39, 0.29) is 5.75 Å². The molecule has 0 saturated carbocycles. The summed E-state index contributed by atoms with van der Waals surface area (Å²) < 4.78 is 1.60. The number of aromatic hydroxyl groups is 1. The first-order chi connectivity index (χ1) is 11.5. The van der Waals surface area contributed by atoms with Gasteiger partial charge in [0.15, 0.2) is 11.6 Å². The Morgan fingerprint density at radius 2 is 1.92 bits per heavy atom. The van der Waals surface area contributed by atoms with Crippen LogP contribution in [0.4, 0.5) is 5.69 Å². The Bertz CT molecular complexity index is 1050. The Balaban J connectivity index is 1.87. The lowest BCUT2D eigenvalue weighted by molar-refractivity contribution is 0.478. The van der Waals surface area contributed by atoms with Crippen molar-refractivity contribution in [2.45, 2.75) is 0 Å². The summed E-state index contributed by atoms with van der Waals surface area (Å²) in [6.07, 6.45) is 0. The number of aryl methyl sites for hydroxylation is 1. The minimum atomic E-state index is 0.0619. The second-order valence-electron chi connectivity index (χ2n) is 5.54. The highest BCUT2D eigenvalue weighted by atomic mass is 35.5. The molecule has 6 nitrogen and oxygen atoms in total. The van der Waals surface area contributed by atoms with Gasteiger partial charge in [-0.25, -0.2) is 4.98 Å². The van der Waals surface area contributed by atoms with Gasteiger partial charge in [0.1, 0.15) is 11.4 Å². The predicted octanol–water partition coefficient (Wildman–Crippen LogP) is 3.57. The zero-order chi connectivity index (χ0) is 16.8. The van der Waals surface area contributed by atoms with Gasteiger partial charge in [-0.3, -0.25) is 4.68 Å². The first kappa shape index (κ1) is 14.6. The Kier molecular flexibility index (Phi) is 3.21. The van der Waals surface area contributed by atoms with Gasteiger partial charge < -0.3 is 15.8 Å². The van der Waals surface area contributed by atoms with Crippen molar-refractivity contribution in [1.29, 1.82) is 0 Å². The molecule has 4 N–H and O–H groups in total. The van der Waals surface area contributed by atoms with E-state index in [2.05, 4.69) is 15.1 Å². The molecule has 0 aliphatic heterocycles. The Morgan fingerprint density at radius 3 is 2.67 bits per heavy atom. The van der Waals surface area contributed by atoms with Gasteiger partial charge in [-0.2, -0.15) is 5.10 Å². The van der Waals surface area contributed by atoms with E-state index >= 15 is 0 Å². The molecular formula is C17H14ClN5O. The molecule has 0 aliphatic carbocycles. The van der Waals surface area contributed by atoms with Crippen molar-refractivity contribution >= 4 is 28.3 Å². The van der Waals surface area contributed by atoms with Gasteiger partial charge in [-0.15, -0.1) is 0 Å². The fourth-order valence-electron chi connectivity index (χ4n) is 2.72. The van der Waals surface area contributed by atoms with Crippen LogP contribution in [0.2, 0.25) is 5.02 Å². The number of fused-ring (bicyclic) bond motifs is 1. The van der Waals surface area contributed by atoms with E-state index < -0.39 is 0 Å². The smallest absolute Gasteiger partial charge is 0.173 e. The third kappa shape index (κ3) is 2.28. The van der Waals surface area contributed by atoms with Gasteiger partial charge in [-0.05, 0) is 30.3 Å². The molecule has 0 spiro atoms. The van der Waals surface area contributed by atoms with E-state index in [1.54, 1.807) is 36.0 Å². The summed E-state index contributed by atoms with van der Waals surface area (Å²) in [7, 11) is 1.76. The van der Waals surface area contributed by atoms with E-state index in [1.165, 1.54) is 0 Å². The largest absolute Gasteiger partial charge is 0.504 e. The molecule has 0 amide bonds. The highest BCUT2D eigenvalue weighted by Crippen LogP contribution is 2.37. The van der Waals surface area contributed by atoms with Crippen molar-refractivity contribution < 1.29 is 5.11 Å². The number of nitrogens with zero attached hydrogens (tertiary/aromatic N) is 3. The first-order valence-corrected chi connectivity index (χ1v) is 7.68. The number of nitrogen functional groups attached to an aromatic ring is 1. The van der Waals surface area contributed by atoms with E-state index in [0.717, 1.165) is 16.6 Å². The van der Waals surface area contributed by atoms with Crippen LogP contribution in [-0.2, 0) is 7.05 Å². The molecule has 0 atom stereocenters. The maximum absolute atomic E-state index is 10.7. The van der Waals surface area contributed by atoms with Crippen LogP contribution in [0.25, 0.3) is 33.8 Å². The van der Waals surface area contributed by atoms with Crippen molar-refractivity contribution in [3.8, 4) is 28.5 Å². The molecule has 0 radical (unpaired) electrons. The monoisotopic (exact) mass is 339 g/mol. The molecule has 0 bridgehead atoms. The fraction of sp³-hybridized carbons (Fsp3) is 0.0588. The number of imidazole rings is 1. The second kappa shape index (κ2) is 5.28. The number of anilines is 1. The molecule has 0 aliphatic rings. The zero-order valence-corrected chi connectivity index (χ0v) is 13.5. The number of hydrogen-bond acceptors (Lipinski definition) is 4. The number of rotatable bonds is 2. The first-order valence-electron chi connectivity index (χ1n) is 7.30. The lowest BCUT2D eigenvalue weighted by atomic mass is 10.1. The Hall–Kier alpha value is -2.99. The quantitative estimate of drug-likeness (QED) is 0.487. The molecule has 2 aromatic carbocycles. The molecule has 0 saturated heterocycles. The van der Waals surface area contributed by atoms with Crippen molar-refractivity contribution in [3.63, 3.8) is 0 Å². The predicted molar refractivity (Wildman–Crippen MR) is 94.8 cm³/mol. The number of nitrogens with one attached hydrogen (secondary N) is 1.